The predicted molar refractivity (Wildman–Crippen MR) is 56.5 cm³/mol. The Morgan fingerprint density at radius 2 is 1.86 bits per heavy atom. The second-order valence-electron chi connectivity index (χ2n) is 3.79. The molecule has 78 valence electrons. The lowest BCUT2D eigenvalue weighted by Crippen LogP contribution is -2.22. The highest BCUT2D eigenvalue weighted by Crippen LogP contribution is 2.33. The topological polar surface area (TPSA) is 20.2 Å². The number of halogens is 3. The van der Waals surface area contributed by atoms with Gasteiger partial charge >= 0.3 is 0 Å². The zero-order valence-corrected chi connectivity index (χ0v) is 9.45. The highest BCUT2D eigenvalue weighted by Gasteiger charge is 2.23. The minimum atomic E-state index is -0.547. The van der Waals surface area contributed by atoms with Crippen LogP contribution < -0.4 is 0 Å². The smallest absolute Gasteiger partial charge is 0.143 e. The molecule has 0 atom stereocenters. The largest absolute Gasteiger partial charge is 0.395 e. The molecule has 4 heteroatoms. The van der Waals surface area contributed by atoms with Crippen LogP contribution >= 0.6 is 23.2 Å². The van der Waals surface area contributed by atoms with Gasteiger partial charge in [0.2, 0.25) is 0 Å². The molecule has 0 unspecified atom stereocenters. The van der Waals surface area contributed by atoms with Crippen molar-refractivity contribution in [3.05, 3.63) is 33.6 Å². The number of hydrogen-bond acceptors (Lipinski definition) is 1. The van der Waals surface area contributed by atoms with E-state index in [2.05, 4.69) is 0 Å². The van der Waals surface area contributed by atoms with Gasteiger partial charge in [-0.25, -0.2) is 4.39 Å². The van der Waals surface area contributed by atoms with E-state index in [4.69, 9.17) is 28.3 Å². The zero-order chi connectivity index (χ0) is 10.9. The van der Waals surface area contributed by atoms with Crippen LogP contribution in [0.1, 0.15) is 19.4 Å². The van der Waals surface area contributed by atoms with E-state index in [1.165, 1.54) is 6.07 Å². The molecule has 0 aliphatic carbocycles. The summed E-state index contributed by atoms with van der Waals surface area (Å²) in [6, 6.07) is 2.62. The van der Waals surface area contributed by atoms with Crippen LogP contribution in [0.5, 0.6) is 0 Å². The SMILES string of the molecule is CC(C)(CO)c1cc(Cl)c(F)cc1Cl. The monoisotopic (exact) mass is 236 g/mol. The Kier molecular flexibility index (Phi) is 3.40. The van der Waals surface area contributed by atoms with Gasteiger partial charge in [-0.15, -0.1) is 0 Å². The van der Waals surface area contributed by atoms with Crippen LogP contribution in [0.15, 0.2) is 12.1 Å². The summed E-state index contributed by atoms with van der Waals surface area (Å²) < 4.78 is 13.0. The summed E-state index contributed by atoms with van der Waals surface area (Å²) in [5, 5.41) is 9.44. The van der Waals surface area contributed by atoms with Crippen molar-refractivity contribution in [1.82, 2.24) is 0 Å². The van der Waals surface area contributed by atoms with Gasteiger partial charge < -0.3 is 5.11 Å². The Morgan fingerprint density at radius 1 is 1.29 bits per heavy atom. The molecule has 1 aromatic carbocycles. The molecule has 1 nitrogen and oxygen atoms in total. The van der Waals surface area contributed by atoms with Crippen LogP contribution in [0.25, 0.3) is 0 Å². The van der Waals surface area contributed by atoms with E-state index in [0.717, 1.165) is 6.07 Å². The summed E-state index contributed by atoms with van der Waals surface area (Å²) in [6.45, 7) is 3.54. The fourth-order valence-electron chi connectivity index (χ4n) is 1.13. The van der Waals surface area contributed by atoms with Crippen molar-refractivity contribution >= 4 is 23.2 Å². The standard InChI is InChI=1S/C10H11Cl2FO/c1-10(2,5-14)6-3-8(12)9(13)4-7(6)11/h3-4,14H,5H2,1-2H3. The molecule has 0 amide bonds. The molecule has 1 aromatic rings. The molecular formula is C10H11Cl2FO. The van der Waals surface area contributed by atoms with Crippen LogP contribution in [-0.4, -0.2) is 11.7 Å². The highest BCUT2D eigenvalue weighted by molar-refractivity contribution is 6.33. The van der Waals surface area contributed by atoms with Crippen molar-refractivity contribution in [1.29, 1.82) is 0 Å². The summed E-state index contributed by atoms with van der Waals surface area (Å²) in [4.78, 5) is 0. The molecule has 14 heavy (non-hydrogen) atoms. The van der Waals surface area contributed by atoms with Gasteiger partial charge in [-0.2, -0.15) is 0 Å². The third-order valence-corrected chi connectivity index (χ3v) is 2.74. The minimum absolute atomic E-state index is 0.0194. The first-order valence-electron chi connectivity index (χ1n) is 4.14. The fraction of sp³-hybridized carbons (Fsp3) is 0.400. The second-order valence-corrected chi connectivity index (χ2v) is 4.60. The van der Waals surface area contributed by atoms with E-state index in [1.54, 1.807) is 0 Å². The van der Waals surface area contributed by atoms with E-state index in [1.807, 2.05) is 13.8 Å². The fourth-order valence-corrected chi connectivity index (χ4v) is 1.70. The van der Waals surface area contributed by atoms with Crippen LogP contribution in [0.2, 0.25) is 10.0 Å². The summed E-state index contributed by atoms with van der Waals surface area (Å²) >= 11 is 11.5. The van der Waals surface area contributed by atoms with E-state index in [0.29, 0.717) is 5.56 Å². The minimum Gasteiger partial charge on any atom is -0.395 e. The average molecular weight is 237 g/mol. The Morgan fingerprint density at radius 3 is 2.36 bits per heavy atom. The number of benzene rings is 1. The van der Waals surface area contributed by atoms with Crippen molar-refractivity contribution in [2.75, 3.05) is 6.61 Å². The number of aliphatic hydroxyl groups excluding tert-OH is 1. The number of rotatable bonds is 2. The van der Waals surface area contributed by atoms with Gasteiger partial charge in [-0.3, -0.25) is 0 Å². The highest BCUT2D eigenvalue weighted by atomic mass is 35.5. The summed E-state index contributed by atoms with van der Waals surface area (Å²) in [5.41, 5.74) is 0.127. The normalized spacial score (nSPS) is 11.9. The summed E-state index contributed by atoms with van der Waals surface area (Å²) in [7, 11) is 0. The lowest BCUT2D eigenvalue weighted by atomic mass is 9.85. The zero-order valence-electron chi connectivity index (χ0n) is 7.94. The van der Waals surface area contributed by atoms with Crippen molar-refractivity contribution in [3.63, 3.8) is 0 Å². The quantitative estimate of drug-likeness (QED) is 0.781. The second kappa shape index (κ2) is 4.05. The molecule has 1 N–H and O–H groups in total. The van der Waals surface area contributed by atoms with Gasteiger partial charge in [0.1, 0.15) is 5.82 Å². The first-order chi connectivity index (χ1) is 6.38. The molecule has 1 rings (SSSR count). The van der Waals surface area contributed by atoms with E-state index >= 15 is 0 Å². The molecule has 0 aliphatic heterocycles. The van der Waals surface area contributed by atoms with Gasteiger partial charge in [0.05, 0.1) is 11.6 Å². The van der Waals surface area contributed by atoms with Gasteiger partial charge in [0, 0.05) is 10.4 Å². The summed E-state index contributed by atoms with van der Waals surface area (Å²) in [5.74, 6) is -0.547. The molecule has 0 spiro atoms. The molecule has 0 fully saturated rings. The maximum atomic E-state index is 13.0. The van der Waals surface area contributed by atoms with E-state index in [9.17, 15) is 4.39 Å². The van der Waals surface area contributed by atoms with E-state index < -0.39 is 11.2 Å². The van der Waals surface area contributed by atoms with Crippen molar-refractivity contribution in [3.8, 4) is 0 Å². The number of hydrogen-bond donors (Lipinski definition) is 1. The van der Waals surface area contributed by atoms with Crippen LogP contribution in [-0.2, 0) is 5.41 Å². The molecule has 0 saturated carbocycles. The van der Waals surface area contributed by atoms with Crippen LogP contribution in [0, 0.1) is 5.82 Å². The van der Waals surface area contributed by atoms with Gasteiger partial charge in [0.15, 0.2) is 0 Å². The third kappa shape index (κ3) is 2.19. The lowest BCUT2D eigenvalue weighted by Gasteiger charge is -2.23. The van der Waals surface area contributed by atoms with Gasteiger partial charge in [-0.05, 0) is 17.7 Å². The van der Waals surface area contributed by atoms with Crippen molar-refractivity contribution < 1.29 is 9.50 Å². The molecule has 0 radical (unpaired) electrons. The molecule has 0 bridgehead atoms. The van der Waals surface area contributed by atoms with Crippen LogP contribution in [0.3, 0.4) is 0 Å². The molecule has 0 aliphatic rings. The predicted octanol–water partition coefficient (Wildman–Crippen LogP) is 3.40. The van der Waals surface area contributed by atoms with Crippen molar-refractivity contribution in [2.45, 2.75) is 19.3 Å². The first kappa shape index (κ1) is 11.8. The summed E-state index contributed by atoms with van der Waals surface area (Å²) in [6.07, 6.45) is 0. The van der Waals surface area contributed by atoms with Gasteiger partial charge in [-0.1, -0.05) is 37.0 Å². The molecule has 0 aromatic heterocycles. The Hall–Kier alpha value is -0.310. The lowest BCUT2D eigenvalue weighted by molar-refractivity contribution is 0.218. The Labute approximate surface area is 92.5 Å². The number of aliphatic hydroxyl groups is 1. The van der Waals surface area contributed by atoms with E-state index in [-0.39, 0.29) is 16.7 Å². The first-order valence-corrected chi connectivity index (χ1v) is 4.90. The maximum absolute atomic E-state index is 13.0. The van der Waals surface area contributed by atoms with Crippen molar-refractivity contribution in [2.24, 2.45) is 0 Å². The van der Waals surface area contributed by atoms with Gasteiger partial charge in [0.25, 0.3) is 0 Å². The third-order valence-electron chi connectivity index (χ3n) is 2.13. The average Bonchev–Trinajstić information content (AvgIpc) is 2.11. The molecular weight excluding hydrogens is 226 g/mol. The van der Waals surface area contributed by atoms with Crippen LogP contribution in [0.4, 0.5) is 4.39 Å². The molecule has 0 saturated heterocycles. The Balaban J connectivity index is 3.29. The maximum Gasteiger partial charge on any atom is 0.143 e. The Bertz CT molecular complexity index is 350. The molecule has 0 heterocycles.